The minimum Gasteiger partial charge on any atom is -0.409 e. The molecule has 0 spiro atoms. The summed E-state index contributed by atoms with van der Waals surface area (Å²) in [6.07, 6.45) is 0.668. The number of halogens is 1. The lowest BCUT2D eigenvalue weighted by molar-refractivity contribution is 0.303. The predicted octanol–water partition coefficient (Wildman–Crippen LogP) is 1.15. The van der Waals surface area contributed by atoms with Gasteiger partial charge in [-0.3, -0.25) is 4.78 Å². The Hall–Kier alpha value is -2.53. The second-order valence-electron chi connectivity index (χ2n) is 6.28. The molecule has 1 fully saturated rings. The number of benzene rings is 1. The third-order valence-electron chi connectivity index (χ3n) is 4.42. The molecule has 1 saturated heterocycles. The summed E-state index contributed by atoms with van der Waals surface area (Å²) in [5.74, 6) is 0.707. The Kier molecular flexibility index (Phi) is 3.69. The molecular weight excluding hydrogens is 351 g/mol. The molecule has 0 saturated carbocycles. The largest absolute Gasteiger partial charge is 0.409 e. The fraction of sp³-hybridized carbons (Fsp3) is 0.357. The van der Waals surface area contributed by atoms with E-state index in [0.29, 0.717) is 17.9 Å². The van der Waals surface area contributed by atoms with E-state index in [0.717, 1.165) is 11.1 Å². The van der Waals surface area contributed by atoms with E-state index in [-0.39, 0.29) is 35.2 Å². The van der Waals surface area contributed by atoms with E-state index < -0.39 is 10.1 Å². The molecule has 0 amide bonds. The number of hydrogen-bond acceptors (Lipinski definition) is 7. The number of hydrogen-bond donors (Lipinski definition) is 6. The van der Waals surface area contributed by atoms with Crippen LogP contribution in [0.2, 0.25) is 0 Å². The van der Waals surface area contributed by atoms with Crippen LogP contribution in [0.15, 0.2) is 28.0 Å². The van der Waals surface area contributed by atoms with Crippen LogP contribution in [0.1, 0.15) is 22.9 Å². The number of nitrogens with zero attached hydrogens (tertiary/aromatic N) is 3. The third-order valence-corrected chi connectivity index (χ3v) is 6.51. The van der Waals surface area contributed by atoms with Gasteiger partial charge in [0.2, 0.25) is 5.82 Å². The fourth-order valence-corrected chi connectivity index (χ4v) is 4.65. The predicted molar refractivity (Wildman–Crippen MR) is 89.9 cm³/mol. The number of rotatable bonds is 4. The fourth-order valence-electron chi connectivity index (χ4n) is 3.11. The highest BCUT2D eigenvalue weighted by molar-refractivity contribution is 8.00. The first kappa shape index (κ1) is 16.0. The van der Waals surface area contributed by atoms with Gasteiger partial charge in [-0.05, 0) is 40.0 Å². The van der Waals surface area contributed by atoms with E-state index in [1.165, 1.54) is 12.1 Å². The number of amidine groups is 1. The summed E-state index contributed by atoms with van der Waals surface area (Å²) in [7, 11) is -2.52. The molecule has 2 aliphatic rings. The van der Waals surface area contributed by atoms with Gasteiger partial charge in [0.05, 0.1) is 6.04 Å². The molecule has 0 bridgehead atoms. The molecule has 25 heavy (non-hydrogen) atoms. The second kappa shape index (κ2) is 5.77. The summed E-state index contributed by atoms with van der Waals surface area (Å²) in [5.41, 5.74) is 2.02. The minimum absolute atomic E-state index is 0.0546. The lowest BCUT2D eigenvalue weighted by atomic mass is 9.83. The van der Waals surface area contributed by atoms with Gasteiger partial charge in [0.15, 0.2) is 11.5 Å². The first-order valence-corrected chi connectivity index (χ1v) is 9.78. The molecule has 0 radical (unpaired) electrons. The Balaban J connectivity index is 1.48. The normalized spacial score (nSPS) is 25.3. The molecule has 1 aliphatic heterocycles. The Morgan fingerprint density at radius 2 is 2.20 bits per heavy atom. The van der Waals surface area contributed by atoms with Crippen molar-refractivity contribution in [2.75, 3.05) is 16.8 Å². The summed E-state index contributed by atoms with van der Waals surface area (Å²) in [6, 6.07) is 4.28. The van der Waals surface area contributed by atoms with E-state index in [9.17, 15) is 14.2 Å². The maximum Gasteiger partial charge on any atom is 0.202 e. The molecule has 9 nitrogen and oxygen atoms in total. The highest BCUT2D eigenvalue weighted by atomic mass is 32.3. The van der Waals surface area contributed by atoms with Crippen LogP contribution in [-0.4, -0.2) is 43.5 Å². The number of fused-ring (bicyclic) bond motifs is 1. The maximum atomic E-state index is 13.4. The summed E-state index contributed by atoms with van der Waals surface area (Å²) in [5, 5.41) is 26.1. The van der Waals surface area contributed by atoms with Crippen LogP contribution < -0.4 is 10.6 Å². The molecule has 2 aromatic rings. The maximum absolute atomic E-state index is 13.4. The van der Waals surface area contributed by atoms with Crippen molar-refractivity contribution in [2.45, 2.75) is 18.5 Å². The monoisotopic (exact) mass is 368 g/mol. The third kappa shape index (κ3) is 2.96. The van der Waals surface area contributed by atoms with E-state index in [1.54, 1.807) is 6.07 Å². The Labute approximate surface area is 143 Å². The van der Waals surface area contributed by atoms with Gasteiger partial charge >= 0.3 is 0 Å². The molecule has 5 N–H and O–H groups in total. The molecule has 4 rings (SSSR count). The van der Waals surface area contributed by atoms with E-state index in [2.05, 4.69) is 26.1 Å². The molecule has 1 unspecified atom stereocenters. The average Bonchev–Trinajstić information content (AvgIpc) is 2.97. The van der Waals surface area contributed by atoms with Crippen molar-refractivity contribution < 1.29 is 18.8 Å². The molecule has 1 atom stereocenters. The summed E-state index contributed by atoms with van der Waals surface area (Å²) in [6.45, 7) is 0. The van der Waals surface area contributed by atoms with Crippen molar-refractivity contribution in [3.8, 4) is 0 Å². The Morgan fingerprint density at radius 3 is 2.92 bits per heavy atom. The lowest BCUT2D eigenvalue weighted by Gasteiger charge is -2.39. The van der Waals surface area contributed by atoms with Crippen LogP contribution in [0.5, 0.6) is 0 Å². The zero-order valence-electron chi connectivity index (χ0n) is 13.0. The van der Waals surface area contributed by atoms with E-state index in [1.807, 2.05) is 0 Å². The van der Waals surface area contributed by atoms with Gasteiger partial charge in [-0.15, -0.1) is 10.1 Å². The zero-order chi connectivity index (χ0) is 17.6. The van der Waals surface area contributed by atoms with Gasteiger partial charge in [0.25, 0.3) is 0 Å². The van der Waals surface area contributed by atoms with Gasteiger partial charge in [-0.2, -0.15) is 0 Å². The second-order valence-corrected chi connectivity index (χ2v) is 8.86. The highest BCUT2D eigenvalue weighted by Crippen LogP contribution is 2.34. The SMILES string of the molecule is N=[SH]1(O)CC(Nc2nonc2C(=NO)NC2Cc3ccc(F)cc32)C1. The molecule has 1 aromatic carbocycles. The van der Waals surface area contributed by atoms with Crippen LogP contribution in [0.25, 0.3) is 0 Å². The molecule has 1 aliphatic carbocycles. The lowest BCUT2D eigenvalue weighted by Crippen LogP contribution is -2.50. The Bertz CT molecular complexity index is 890. The molecule has 134 valence electrons. The smallest absolute Gasteiger partial charge is 0.202 e. The van der Waals surface area contributed by atoms with Crippen molar-refractivity contribution >= 4 is 21.8 Å². The minimum atomic E-state index is -2.52. The summed E-state index contributed by atoms with van der Waals surface area (Å²) in [4.78, 5) is 0. The topological polar surface area (TPSA) is 140 Å². The van der Waals surface area contributed by atoms with Crippen LogP contribution in [0.3, 0.4) is 0 Å². The number of nitrogens with one attached hydrogen (secondary N) is 3. The number of oxime groups is 1. The summed E-state index contributed by atoms with van der Waals surface area (Å²) >= 11 is 0. The van der Waals surface area contributed by atoms with Crippen LogP contribution in [0, 0.1) is 10.6 Å². The van der Waals surface area contributed by atoms with Gasteiger partial charge in [-0.25, -0.2) is 9.02 Å². The van der Waals surface area contributed by atoms with Gasteiger partial charge in [0, 0.05) is 17.5 Å². The molecule has 1 aromatic heterocycles. The first-order chi connectivity index (χ1) is 11.9. The highest BCUT2D eigenvalue weighted by Gasteiger charge is 2.33. The van der Waals surface area contributed by atoms with Crippen LogP contribution in [0.4, 0.5) is 10.2 Å². The molecule has 11 heteroatoms. The van der Waals surface area contributed by atoms with Crippen LogP contribution in [-0.2, 0) is 16.5 Å². The average molecular weight is 368 g/mol. The van der Waals surface area contributed by atoms with Crippen molar-refractivity contribution in [2.24, 2.45) is 5.16 Å². The van der Waals surface area contributed by atoms with Crippen molar-refractivity contribution in [3.63, 3.8) is 0 Å². The van der Waals surface area contributed by atoms with E-state index >= 15 is 0 Å². The quantitative estimate of drug-likeness (QED) is 0.156. The van der Waals surface area contributed by atoms with Gasteiger partial charge in [0.1, 0.15) is 5.82 Å². The number of aromatic nitrogens is 2. The van der Waals surface area contributed by atoms with Gasteiger partial charge in [-0.1, -0.05) is 11.2 Å². The molecule has 2 heterocycles. The van der Waals surface area contributed by atoms with Crippen molar-refractivity contribution in [3.05, 3.63) is 40.8 Å². The van der Waals surface area contributed by atoms with Crippen LogP contribution >= 0.6 is 0 Å². The molecular formula is C14H17FN6O3S. The summed E-state index contributed by atoms with van der Waals surface area (Å²) < 4.78 is 35.2. The van der Waals surface area contributed by atoms with E-state index in [4.69, 9.17) is 9.41 Å². The zero-order valence-corrected chi connectivity index (χ0v) is 13.9. The van der Waals surface area contributed by atoms with Crippen molar-refractivity contribution in [1.82, 2.24) is 15.6 Å². The number of anilines is 1. The van der Waals surface area contributed by atoms with Crippen molar-refractivity contribution in [1.29, 1.82) is 4.78 Å². The Morgan fingerprint density at radius 1 is 1.40 bits per heavy atom. The number of thiol groups is 1. The first-order valence-electron chi connectivity index (χ1n) is 7.66. The van der Waals surface area contributed by atoms with Gasteiger partial charge < -0.3 is 20.4 Å². The standard InChI is InChI=1S/C14H17FN6O3S/c15-8-2-1-7-3-11(10(7)4-8)18-13(19-22)12-14(21-24-20-12)17-9-5-25(16,23)6-9/h1-2,4,9,11,22,25H,3,5-6H2,(H2,16,23)(H,17,21)(H,18,19).